The van der Waals surface area contributed by atoms with Crippen LogP contribution in [0.5, 0.6) is 0 Å². The Morgan fingerprint density at radius 1 is 1.03 bits per heavy atom. The summed E-state index contributed by atoms with van der Waals surface area (Å²) in [4.78, 5) is 43.8. The van der Waals surface area contributed by atoms with Gasteiger partial charge in [0.2, 0.25) is 0 Å². The molecule has 37 heavy (non-hydrogen) atoms. The molecule has 3 heterocycles. The highest BCUT2D eigenvalue weighted by atomic mass is 16.5. The molecular weight excluding hydrogens is 470 g/mol. The van der Waals surface area contributed by atoms with E-state index < -0.39 is 5.97 Å². The number of amides is 1. The fourth-order valence-electron chi connectivity index (χ4n) is 5.05. The third-order valence-corrected chi connectivity index (χ3v) is 6.86. The van der Waals surface area contributed by atoms with E-state index in [2.05, 4.69) is 0 Å². The number of carbonyl (C=O) groups excluding carboxylic acids is 2. The van der Waals surface area contributed by atoms with Gasteiger partial charge in [0.1, 0.15) is 5.56 Å². The Balaban J connectivity index is 1.59. The smallest absolute Gasteiger partial charge is 0.345 e. The molecule has 5 rings (SSSR count). The lowest BCUT2D eigenvalue weighted by atomic mass is 10.0. The van der Waals surface area contributed by atoms with Crippen LogP contribution in [0.1, 0.15) is 34.8 Å². The Bertz CT molecular complexity index is 1420. The van der Waals surface area contributed by atoms with Crippen molar-refractivity contribution in [1.29, 1.82) is 0 Å². The van der Waals surface area contributed by atoms with Crippen LogP contribution in [0, 0.1) is 6.92 Å². The standard InChI is InChI=1S/C29H31N3O5/c1-3-36-29(35)25-26(30-13-15-31(16-14-30)27(33)24-10-7-17-37-24)22-18-20(2)11-12-23(22)32(28(25)34)19-21-8-5-4-6-9-21/h4-6,8-12,18H,3,7,13-17,19H2,1-2H3. The number of hydrogen-bond donors (Lipinski definition) is 0. The van der Waals surface area contributed by atoms with Crippen LogP contribution in [0.15, 0.2) is 65.2 Å². The second kappa shape index (κ2) is 10.5. The maximum atomic E-state index is 13.9. The van der Waals surface area contributed by atoms with Crippen molar-refractivity contribution in [1.82, 2.24) is 9.47 Å². The Hall–Kier alpha value is -4.07. The molecule has 8 nitrogen and oxygen atoms in total. The molecule has 0 aliphatic carbocycles. The van der Waals surface area contributed by atoms with Crippen LogP contribution in [0.3, 0.4) is 0 Å². The summed E-state index contributed by atoms with van der Waals surface area (Å²) in [7, 11) is 0. The highest BCUT2D eigenvalue weighted by molar-refractivity contribution is 6.06. The highest BCUT2D eigenvalue weighted by Crippen LogP contribution is 2.32. The van der Waals surface area contributed by atoms with Crippen molar-refractivity contribution in [3.05, 3.63) is 87.4 Å². The van der Waals surface area contributed by atoms with Crippen molar-refractivity contribution in [2.75, 3.05) is 44.3 Å². The number of fused-ring (bicyclic) bond motifs is 1. The number of esters is 1. The Morgan fingerprint density at radius 2 is 1.78 bits per heavy atom. The predicted molar refractivity (Wildman–Crippen MR) is 142 cm³/mol. The fraction of sp³-hybridized carbons (Fsp3) is 0.345. The van der Waals surface area contributed by atoms with E-state index in [1.807, 2.05) is 66.4 Å². The number of nitrogens with zero attached hydrogens (tertiary/aromatic N) is 3. The van der Waals surface area contributed by atoms with Crippen molar-refractivity contribution < 1.29 is 19.1 Å². The number of anilines is 1. The van der Waals surface area contributed by atoms with Crippen LogP contribution >= 0.6 is 0 Å². The molecule has 0 N–H and O–H groups in total. The number of aryl methyl sites for hydroxylation is 1. The molecule has 192 valence electrons. The fourth-order valence-corrected chi connectivity index (χ4v) is 5.05. The molecule has 2 aliphatic heterocycles. The quantitative estimate of drug-likeness (QED) is 0.481. The topological polar surface area (TPSA) is 81.1 Å². The number of ether oxygens (including phenoxy) is 2. The normalized spacial score (nSPS) is 15.5. The number of aromatic nitrogens is 1. The largest absolute Gasteiger partial charge is 0.488 e. The second-order valence-corrected chi connectivity index (χ2v) is 9.33. The lowest BCUT2D eigenvalue weighted by Crippen LogP contribution is -2.50. The first-order valence-corrected chi connectivity index (χ1v) is 12.7. The van der Waals surface area contributed by atoms with Gasteiger partial charge >= 0.3 is 5.97 Å². The van der Waals surface area contributed by atoms with Gasteiger partial charge in [0.05, 0.1) is 31.0 Å². The summed E-state index contributed by atoms with van der Waals surface area (Å²) in [6, 6.07) is 15.7. The SMILES string of the molecule is CCOC(=O)c1c(N2CCN(C(=O)C3=CCCO3)CC2)c2cc(C)ccc2n(Cc2ccccc2)c1=O. The van der Waals surface area contributed by atoms with Gasteiger partial charge in [-0.15, -0.1) is 0 Å². The summed E-state index contributed by atoms with van der Waals surface area (Å²) in [5.74, 6) is -0.331. The zero-order valence-corrected chi connectivity index (χ0v) is 21.2. The Labute approximate surface area is 215 Å². The van der Waals surface area contributed by atoms with Gasteiger partial charge in [0.15, 0.2) is 5.76 Å². The second-order valence-electron chi connectivity index (χ2n) is 9.33. The lowest BCUT2D eigenvalue weighted by molar-refractivity contribution is -0.130. The lowest BCUT2D eigenvalue weighted by Gasteiger charge is -2.37. The maximum absolute atomic E-state index is 13.9. The van der Waals surface area contributed by atoms with Crippen LogP contribution in [0.4, 0.5) is 5.69 Å². The van der Waals surface area contributed by atoms with Crippen LogP contribution in [-0.2, 0) is 20.8 Å². The number of rotatable bonds is 6. The molecule has 0 atom stereocenters. The average Bonchev–Trinajstić information content (AvgIpc) is 3.45. The summed E-state index contributed by atoms with van der Waals surface area (Å²) < 4.78 is 12.5. The zero-order valence-electron chi connectivity index (χ0n) is 21.2. The van der Waals surface area contributed by atoms with Crippen molar-refractivity contribution >= 4 is 28.5 Å². The highest BCUT2D eigenvalue weighted by Gasteiger charge is 2.31. The maximum Gasteiger partial charge on any atom is 0.345 e. The zero-order chi connectivity index (χ0) is 25.9. The van der Waals surface area contributed by atoms with Crippen LogP contribution in [-0.4, -0.2) is 60.7 Å². The molecule has 2 aromatic carbocycles. The van der Waals surface area contributed by atoms with Crippen LogP contribution in [0.25, 0.3) is 10.9 Å². The van der Waals surface area contributed by atoms with Gasteiger partial charge < -0.3 is 23.8 Å². The van der Waals surface area contributed by atoms with E-state index in [0.29, 0.717) is 50.8 Å². The number of benzene rings is 2. The molecule has 0 spiro atoms. The van der Waals surface area contributed by atoms with Crippen molar-refractivity contribution in [2.24, 2.45) is 0 Å². The molecule has 0 radical (unpaired) electrons. The molecule has 0 unspecified atom stereocenters. The van der Waals surface area contributed by atoms with Gasteiger partial charge in [-0.05, 0) is 37.6 Å². The molecule has 1 fully saturated rings. The summed E-state index contributed by atoms with van der Waals surface area (Å²) >= 11 is 0. The van der Waals surface area contributed by atoms with Crippen LogP contribution in [0.2, 0.25) is 0 Å². The molecule has 0 saturated carbocycles. The van der Waals surface area contributed by atoms with Crippen molar-refractivity contribution in [2.45, 2.75) is 26.8 Å². The van der Waals surface area contributed by atoms with Gasteiger partial charge in [-0.2, -0.15) is 0 Å². The monoisotopic (exact) mass is 501 g/mol. The van der Waals surface area contributed by atoms with E-state index in [1.165, 1.54) is 0 Å². The van der Waals surface area contributed by atoms with Crippen LogP contribution < -0.4 is 10.5 Å². The minimum absolute atomic E-state index is 0.0393. The van der Waals surface area contributed by atoms with Gasteiger partial charge in [-0.1, -0.05) is 42.0 Å². The molecule has 0 bridgehead atoms. The molecule has 2 aliphatic rings. The summed E-state index contributed by atoms with van der Waals surface area (Å²) in [6.07, 6.45) is 2.57. The van der Waals surface area contributed by atoms with E-state index in [1.54, 1.807) is 16.4 Å². The number of hydrogen-bond acceptors (Lipinski definition) is 6. The first-order chi connectivity index (χ1) is 18.0. The average molecular weight is 502 g/mol. The van der Waals surface area contributed by atoms with Gasteiger partial charge in [0.25, 0.3) is 11.5 Å². The summed E-state index contributed by atoms with van der Waals surface area (Å²) in [5.41, 5.74) is 2.98. The van der Waals surface area contributed by atoms with Crippen molar-refractivity contribution in [3.8, 4) is 0 Å². The molecule has 1 amide bonds. The van der Waals surface area contributed by atoms with E-state index in [9.17, 15) is 14.4 Å². The minimum Gasteiger partial charge on any atom is -0.488 e. The van der Waals surface area contributed by atoms with E-state index in [0.717, 1.165) is 28.5 Å². The van der Waals surface area contributed by atoms with Gasteiger partial charge in [0, 0.05) is 38.0 Å². The third-order valence-electron chi connectivity index (χ3n) is 6.86. The molecule has 3 aromatic rings. The van der Waals surface area contributed by atoms with E-state index >= 15 is 0 Å². The molecule has 8 heteroatoms. The van der Waals surface area contributed by atoms with E-state index in [4.69, 9.17) is 9.47 Å². The molecular formula is C29H31N3O5. The first-order valence-electron chi connectivity index (χ1n) is 12.7. The summed E-state index contributed by atoms with van der Waals surface area (Å²) in [5, 5.41) is 0.820. The number of carbonyl (C=O) groups is 2. The number of piperazine rings is 1. The predicted octanol–water partition coefficient (Wildman–Crippen LogP) is 3.49. The van der Waals surface area contributed by atoms with Crippen molar-refractivity contribution in [3.63, 3.8) is 0 Å². The summed E-state index contributed by atoms with van der Waals surface area (Å²) in [6.45, 7) is 6.65. The van der Waals surface area contributed by atoms with Gasteiger partial charge in [-0.3, -0.25) is 9.59 Å². The molecule has 1 saturated heterocycles. The third kappa shape index (κ3) is 4.83. The Kier molecular flexibility index (Phi) is 6.99. The Morgan fingerprint density at radius 3 is 2.46 bits per heavy atom. The van der Waals surface area contributed by atoms with E-state index in [-0.39, 0.29) is 23.6 Å². The van der Waals surface area contributed by atoms with Gasteiger partial charge in [-0.25, -0.2) is 4.79 Å². The minimum atomic E-state index is -0.629. The first kappa shape index (κ1) is 24.6. The molecule has 1 aromatic heterocycles. The number of pyridine rings is 1.